The van der Waals surface area contributed by atoms with E-state index >= 15 is 0 Å². The van der Waals surface area contributed by atoms with Gasteiger partial charge in [-0.25, -0.2) is 0 Å². The van der Waals surface area contributed by atoms with Crippen molar-refractivity contribution in [3.8, 4) is 0 Å². The van der Waals surface area contributed by atoms with Crippen molar-refractivity contribution < 1.29 is 9.90 Å². The first-order valence-electron chi connectivity index (χ1n) is 4.85. The molecule has 4 heteroatoms. The van der Waals surface area contributed by atoms with Crippen LogP contribution in [0.1, 0.15) is 12.5 Å². The third-order valence-corrected chi connectivity index (χ3v) is 3.33. The molecule has 3 nitrogen and oxygen atoms in total. The van der Waals surface area contributed by atoms with Crippen LogP contribution < -0.4 is 5.32 Å². The van der Waals surface area contributed by atoms with Crippen LogP contribution in [-0.2, 0) is 11.2 Å². The van der Waals surface area contributed by atoms with Gasteiger partial charge in [-0.05, 0) is 37.1 Å². The largest absolute Gasteiger partial charge is 0.481 e. The van der Waals surface area contributed by atoms with Crippen molar-refractivity contribution in [2.45, 2.75) is 19.4 Å². The standard InChI is InChI=1S/C11H12BrNO2/c1-6(11(14)15)10-5-7-4-8(12)2-3-9(7)13-10/h2-4,6,10,13H,5H2,1H3,(H,14,15). The normalized spacial score (nSPS) is 20.5. The van der Waals surface area contributed by atoms with Gasteiger partial charge in [0.1, 0.15) is 0 Å². The van der Waals surface area contributed by atoms with Gasteiger partial charge >= 0.3 is 5.97 Å². The highest BCUT2D eigenvalue weighted by molar-refractivity contribution is 9.10. The highest BCUT2D eigenvalue weighted by Gasteiger charge is 2.29. The molecule has 0 aliphatic carbocycles. The summed E-state index contributed by atoms with van der Waals surface area (Å²) < 4.78 is 1.03. The summed E-state index contributed by atoms with van der Waals surface area (Å²) in [5, 5.41) is 12.2. The lowest BCUT2D eigenvalue weighted by Gasteiger charge is -2.15. The Balaban J connectivity index is 2.19. The fourth-order valence-corrected chi connectivity index (χ4v) is 2.24. The summed E-state index contributed by atoms with van der Waals surface area (Å²) in [7, 11) is 0. The van der Waals surface area contributed by atoms with Crippen LogP contribution in [0, 0.1) is 5.92 Å². The number of fused-ring (bicyclic) bond motifs is 1. The smallest absolute Gasteiger partial charge is 0.308 e. The van der Waals surface area contributed by atoms with Crippen molar-refractivity contribution in [2.75, 3.05) is 5.32 Å². The fourth-order valence-electron chi connectivity index (χ4n) is 1.83. The Hall–Kier alpha value is -1.03. The van der Waals surface area contributed by atoms with E-state index in [4.69, 9.17) is 5.11 Å². The highest BCUT2D eigenvalue weighted by Crippen LogP contribution is 2.31. The molecule has 2 atom stereocenters. The molecule has 0 saturated heterocycles. The number of anilines is 1. The lowest BCUT2D eigenvalue weighted by Crippen LogP contribution is -2.30. The molecule has 1 aliphatic rings. The lowest BCUT2D eigenvalue weighted by molar-refractivity contribution is -0.141. The molecular formula is C11H12BrNO2. The third-order valence-electron chi connectivity index (χ3n) is 2.84. The molecule has 1 aromatic rings. The second kappa shape index (κ2) is 3.85. The van der Waals surface area contributed by atoms with Gasteiger partial charge in [0.25, 0.3) is 0 Å². The van der Waals surface area contributed by atoms with Crippen LogP contribution in [-0.4, -0.2) is 17.1 Å². The molecule has 2 N–H and O–H groups in total. The Morgan fingerprint density at radius 2 is 2.40 bits per heavy atom. The number of hydrogen-bond donors (Lipinski definition) is 2. The Morgan fingerprint density at radius 1 is 1.67 bits per heavy atom. The molecule has 2 unspecified atom stereocenters. The number of benzene rings is 1. The van der Waals surface area contributed by atoms with Gasteiger partial charge in [-0.2, -0.15) is 0 Å². The average molecular weight is 270 g/mol. The quantitative estimate of drug-likeness (QED) is 0.868. The molecule has 0 bridgehead atoms. The molecule has 1 aliphatic heterocycles. The van der Waals surface area contributed by atoms with Gasteiger partial charge in [-0.1, -0.05) is 15.9 Å². The average Bonchev–Trinajstić information content (AvgIpc) is 2.58. The minimum Gasteiger partial charge on any atom is -0.481 e. The summed E-state index contributed by atoms with van der Waals surface area (Å²) in [5.74, 6) is -1.12. The summed E-state index contributed by atoms with van der Waals surface area (Å²) in [6.45, 7) is 1.74. The Labute approximate surface area is 96.6 Å². The minimum atomic E-state index is -0.751. The second-order valence-corrected chi connectivity index (χ2v) is 4.80. The predicted molar refractivity (Wildman–Crippen MR) is 62.1 cm³/mol. The van der Waals surface area contributed by atoms with Crippen LogP contribution in [0.4, 0.5) is 5.69 Å². The van der Waals surface area contributed by atoms with Gasteiger partial charge in [-0.15, -0.1) is 0 Å². The van der Waals surface area contributed by atoms with E-state index < -0.39 is 5.97 Å². The summed E-state index contributed by atoms with van der Waals surface area (Å²) >= 11 is 3.41. The van der Waals surface area contributed by atoms with Crippen molar-refractivity contribution in [3.63, 3.8) is 0 Å². The zero-order chi connectivity index (χ0) is 11.0. The van der Waals surface area contributed by atoms with Crippen LogP contribution in [0.3, 0.4) is 0 Å². The van der Waals surface area contributed by atoms with Gasteiger partial charge in [0.2, 0.25) is 0 Å². The molecule has 0 saturated carbocycles. The third kappa shape index (κ3) is 2.00. The van der Waals surface area contributed by atoms with E-state index in [1.807, 2.05) is 18.2 Å². The first-order chi connectivity index (χ1) is 7.08. The van der Waals surface area contributed by atoms with E-state index in [9.17, 15) is 4.79 Å². The maximum absolute atomic E-state index is 10.9. The zero-order valence-corrected chi connectivity index (χ0v) is 9.91. The Bertz CT molecular complexity index is 406. The number of rotatable bonds is 2. The van der Waals surface area contributed by atoms with Crippen LogP contribution in [0.25, 0.3) is 0 Å². The molecule has 0 amide bonds. The first kappa shape index (κ1) is 10.5. The van der Waals surface area contributed by atoms with Crippen LogP contribution >= 0.6 is 15.9 Å². The molecule has 0 spiro atoms. The van der Waals surface area contributed by atoms with Crippen molar-refractivity contribution in [2.24, 2.45) is 5.92 Å². The van der Waals surface area contributed by atoms with Crippen molar-refractivity contribution in [1.82, 2.24) is 0 Å². The zero-order valence-electron chi connectivity index (χ0n) is 8.33. The molecule has 15 heavy (non-hydrogen) atoms. The van der Waals surface area contributed by atoms with E-state index in [1.165, 1.54) is 5.56 Å². The van der Waals surface area contributed by atoms with E-state index in [0.717, 1.165) is 16.6 Å². The number of carboxylic acids is 1. The number of carbonyl (C=O) groups is 1. The highest BCUT2D eigenvalue weighted by atomic mass is 79.9. The Morgan fingerprint density at radius 3 is 3.07 bits per heavy atom. The summed E-state index contributed by atoms with van der Waals surface area (Å²) in [6.07, 6.45) is 0.780. The molecule has 1 heterocycles. The van der Waals surface area contributed by atoms with E-state index in [0.29, 0.717) is 0 Å². The van der Waals surface area contributed by atoms with Gasteiger partial charge in [-0.3, -0.25) is 4.79 Å². The molecule has 2 rings (SSSR count). The maximum Gasteiger partial charge on any atom is 0.308 e. The van der Waals surface area contributed by atoms with E-state index in [2.05, 4.69) is 21.2 Å². The first-order valence-corrected chi connectivity index (χ1v) is 5.65. The van der Waals surface area contributed by atoms with E-state index in [-0.39, 0.29) is 12.0 Å². The minimum absolute atomic E-state index is 0.00630. The van der Waals surface area contributed by atoms with Gasteiger partial charge in [0.05, 0.1) is 5.92 Å². The van der Waals surface area contributed by atoms with Crippen molar-refractivity contribution >= 4 is 27.6 Å². The van der Waals surface area contributed by atoms with E-state index in [1.54, 1.807) is 6.92 Å². The summed E-state index contributed by atoms with van der Waals surface area (Å²) in [6, 6.07) is 5.98. The number of nitrogens with one attached hydrogen (secondary N) is 1. The van der Waals surface area contributed by atoms with Gasteiger partial charge in [0, 0.05) is 16.2 Å². The topological polar surface area (TPSA) is 49.3 Å². The van der Waals surface area contributed by atoms with Crippen LogP contribution in [0.2, 0.25) is 0 Å². The number of aliphatic carboxylic acids is 1. The monoisotopic (exact) mass is 269 g/mol. The maximum atomic E-state index is 10.9. The second-order valence-electron chi connectivity index (χ2n) is 3.88. The molecular weight excluding hydrogens is 258 g/mol. The molecule has 1 aromatic carbocycles. The fraction of sp³-hybridized carbons (Fsp3) is 0.364. The van der Waals surface area contributed by atoms with Gasteiger partial charge in [0.15, 0.2) is 0 Å². The molecule has 0 fully saturated rings. The number of halogens is 1. The SMILES string of the molecule is CC(C(=O)O)C1Cc2cc(Br)ccc2N1. The number of carboxylic acid groups (broad SMARTS) is 1. The van der Waals surface area contributed by atoms with Gasteiger partial charge < -0.3 is 10.4 Å². The van der Waals surface area contributed by atoms with Crippen LogP contribution in [0.15, 0.2) is 22.7 Å². The molecule has 80 valence electrons. The van der Waals surface area contributed by atoms with Crippen molar-refractivity contribution in [3.05, 3.63) is 28.2 Å². The molecule has 0 radical (unpaired) electrons. The number of hydrogen-bond acceptors (Lipinski definition) is 2. The summed E-state index contributed by atoms with van der Waals surface area (Å²) in [4.78, 5) is 10.9. The van der Waals surface area contributed by atoms with Crippen molar-refractivity contribution in [1.29, 1.82) is 0 Å². The Kier molecular flexibility index (Phi) is 2.69. The summed E-state index contributed by atoms with van der Waals surface area (Å²) in [5.41, 5.74) is 2.23. The predicted octanol–water partition coefficient (Wildman–Crippen LogP) is 2.51. The molecule has 0 aromatic heterocycles. The lowest BCUT2D eigenvalue weighted by atomic mass is 9.99. The van der Waals surface area contributed by atoms with Crippen LogP contribution in [0.5, 0.6) is 0 Å².